The topological polar surface area (TPSA) is 18.5 Å². The normalized spacial score (nSPS) is 33.2. The van der Waals surface area contributed by atoms with Gasteiger partial charge >= 0.3 is 6.61 Å². The van der Waals surface area contributed by atoms with Crippen LogP contribution in [-0.4, -0.2) is 31.3 Å². The molecule has 0 radical (unpaired) electrons. The van der Waals surface area contributed by atoms with Gasteiger partial charge in [0.05, 0.1) is 18.8 Å². The second-order valence-corrected chi connectivity index (χ2v) is 6.03. The van der Waals surface area contributed by atoms with E-state index in [1.165, 1.54) is 25.7 Å². The maximum atomic E-state index is 12.5. The fraction of sp³-hybridized carbons (Fsp3) is 1.00. The molecule has 112 valence electrons. The van der Waals surface area contributed by atoms with Crippen LogP contribution in [0.25, 0.3) is 0 Å². The number of alkyl halides is 3. The first-order valence-corrected chi connectivity index (χ1v) is 7.85. The van der Waals surface area contributed by atoms with E-state index in [9.17, 15) is 8.78 Å². The molecule has 19 heavy (non-hydrogen) atoms. The van der Waals surface area contributed by atoms with Crippen LogP contribution < -0.4 is 0 Å². The van der Waals surface area contributed by atoms with Gasteiger partial charge in [0.1, 0.15) is 0 Å². The maximum Gasteiger partial charge on any atom is 0.345 e. The van der Waals surface area contributed by atoms with Crippen LogP contribution in [0.1, 0.15) is 44.9 Å². The van der Waals surface area contributed by atoms with Gasteiger partial charge in [0.25, 0.3) is 0 Å². The molecule has 2 aliphatic carbocycles. The summed E-state index contributed by atoms with van der Waals surface area (Å²) in [7, 11) is 0. The first-order chi connectivity index (χ1) is 9.20. The SMILES string of the molecule is FC(F)OC1CC(C2CCCC2)CCC1OCCCl. The van der Waals surface area contributed by atoms with Crippen LogP contribution in [0.2, 0.25) is 0 Å². The lowest BCUT2D eigenvalue weighted by atomic mass is 9.77. The lowest BCUT2D eigenvalue weighted by Gasteiger charge is -2.38. The Morgan fingerprint density at radius 2 is 1.74 bits per heavy atom. The van der Waals surface area contributed by atoms with Crippen molar-refractivity contribution in [1.82, 2.24) is 0 Å². The predicted octanol–water partition coefficient (Wildman–Crippen LogP) is 4.21. The van der Waals surface area contributed by atoms with Crippen molar-refractivity contribution in [3.63, 3.8) is 0 Å². The molecule has 2 rings (SSSR count). The molecular weight excluding hydrogens is 274 g/mol. The van der Waals surface area contributed by atoms with Crippen molar-refractivity contribution in [3.8, 4) is 0 Å². The van der Waals surface area contributed by atoms with Gasteiger partial charge in [-0.1, -0.05) is 25.7 Å². The predicted molar refractivity (Wildman–Crippen MR) is 70.6 cm³/mol. The summed E-state index contributed by atoms with van der Waals surface area (Å²) in [5.74, 6) is 1.63. The van der Waals surface area contributed by atoms with Gasteiger partial charge in [0, 0.05) is 5.88 Å². The van der Waals surface area contributed by atoms with Crippen molar-refractivity contribution < 1.29 is 18.3 Å². The average Bonchev–Trinajstić information content (AvgIpc) is 2.90. The third-order valence-corrected chi connectivity index (χ3v) is 4.68. The Hall–Kier alpha value is 0.0700. The molecule has 2 fully saturated rings. The first-order valence-electron chi connectivity index (χ1n) is 7.32. The highest BCUT2D eigenvalue weighted by Crippen LogP contribution is 2.41. The van der Waals surface area contributed by atoms with Gasteiger partial charge in [-0.2, -0.15) is 8.78 Å². The Labute approximate surface area is 118 Å². The largest absolute Gasteiger partial charge is 0.374 e. The Balaban J connectivity index is 1.89. The Morgan fingerprint density at radius 1 is 1.00 bits per heavy atom. The molecule has 2 saturated carbocycles. The van der Waals surface area contributed by atoms with Crippen LogP contribution in [0.4, 0.5) is 8.78 Å². The standard InChI is InChI=1S/C14H23ClF2O2/c15-7-8-18-12-6-5-11(10-3-1-2-4-10)9-13(12)19-14(16)17/h10-14H,1-9H2. The summed E-state index contributed by atoms with van der Waals surface area (Å²) in [6, 6.07) is 0. The highest BCUT2D eigenvalue weighted by atomic mass is 35.5. The van der Waals surface area contributed by atoms with Crippen molar-refractivity contribution in [2.75, 3.05) is 12.5 Å². The zero-order chi connectivity index (χ0) is 13.7. The molecule has 5 heteroatoms. The van der Waals surface area contributed by atoms with Crippen molar-refractivity contribution in [2.45, 2.75) is 63.8 Å². The monoisotopic (exact) mass is 296 g/mol. The summed E-state index contributed by atoms with van der Waals surface area (Å²) in [6.07, 6.45) is 6.98. The van der Waals surface area contributed by atoms with E-state index in [1.807, 2.05) is 0 Å². The second-order valence-electron chi connectivity index (χ2n) is 5.65. The van der Waals surface area contributed by atoms with E-state index in [1.54, 1.807) is 0 Å². The van der Waals surface area contributed by atoms with Crippen LogP contribution in [0.15, 0.2) is 0 Å². The minimum absolute atomic E-state index is 0.217. The lowest BCUT2D eigenvalue weighted by Crippen LogP contribution is -2.40. The van der Waals surface area contributed by atoms with Crippen molar-refractivity contribution >= 4 is 11.6 Å². The van der Waals surface area contributed by atoms with Crippen LogP contribution in [-0.2, 0) is 9.47 Å². The molecular formula is C14H23ClF2O2. The molecule has 0 heterocycles. The van der Waals surface area contributed by atoms with Crippen LogP contribution in [0.5, 0.6) is 0 Å². The summed E-state index contributed by atoms with van der Waals surface area (Å²) in [4.78, 5) is 0. The summed E-state index contributed by atoms with van der Waals surface area (Å²) in [6.45, 7) is -2.31. The summed E-state index contributed by atoms with van der Waals surface area (Å²) >= 11 is 5.59. The third kappa shape index (κ3) is 4.54. The molecule has 0 aliphatic heterocycles. The minimum Gasteiger partial charge on any atom is -0.374 e. The Kier molecular flexibility index (Phi) is 6.30. The van der Waals surface area contributed by atoms with Gasteiger partial charge in [-0.3, -0.25) is 0 Å². The molecule has 0 aromatic heterocycles. The van der Waals surface area contributed by atoms with Gasteiger partial charge in [0.15, 0.2) is 0 Å². The zero-order valence-electron chi connectivity index (χ0n) is 11.2. The molecule has 0 amide bonds. The quantitative estimate of drug-likeness (QED) is 0.684. The molecule has 0 bridgehead atoms. The third-order valence-electron chi connectivity index (χ3n) is 4.52. The fourth-order valence-corrected chi connectivity index (χ4v) is 3.74. The molecule has 0 aromatic carbocycles. The van der Waals surface area contributed by atoms with Crippen molar-refractivity contribution in [1.29, 1.82) is 0 Å². The molecule has 0 aromatic rings. The van der Waals surface area contributed by atoms with Crippen LogP contribution >= 0.6 is 11.6 Å². The molecule has 3 unspecified atom stereocenters. The van der Waals surface area contributed by atoms with Crippen LogP contribution in [0, 0.1) is 11.8 Å². The summed E-state index contributed by atoms with van der Waals surface area (Å²) < 4.78 is 35.4. The van der Waals surface area contributed by atoms with E-state index in [0.29, 0.717) is 30.7 Å². The Morgan fingerprint density at radius 3 is 2.37 bits per heavy atom. The van der Waals surface area contributed by atoms with E-state index < -0.39 is 12.7 Å². The highest BCUT2D eigenvalue weighted by molar-refractivity contribution is 6.17. The molecule has 0 N–H and O–H groups in total. The zero-order valence-corrected chi connectivity index (χ0v) is 12.0. The van der Waals surface area contributed by atoms with Crippen LogP contribution in [0.3, 0.4) is 0 Å². The molecule has 3 atom stereocenters. The van der Waals surface area contributed by atoms with E-state index in [2.05, 4.69) is 0 Å². The second kappa shape index (κ2) is 7.75. The first kappa shape index (κ1) is 15.5. The van der Waals surface area contributed by atoms with Gasteiger partial charge in [-0.25, -0.2) is 0 Å². The molecule has 2 aliphatic rings. The van der Waals surface area contributed by atoms with Gasteiger partial charge in [-0.15, -0.1) is 11.6 Å². The number of halogens is 3. The van der Waals surface area contributed by atoms with Gasteiger partial charge < -0.3 is 9.47 Å². The molecule has 2 nitrogen and oxygen atoms in total. The highest BCUT2D eigenvalue weighted by Gasteiger charge is 2.37. The van der Waals surface area contributed by atoms with Gasteiger partial charge in [-0.05, 0) is 31.1 Å². The van der Waals surface area contributed by atoms with E-state index in [0.717, 1.165) is 12.8 Å². The smallest absolute Gasteiger partial charge is 0.345 e. The molecule has 0 spiro atoms. The fourth-order valence-electron chi connectivity index (χ4n) is 3.65. The van der Waals surface area contributed by atoms with E-state index in [4.69, 9.17) is 21.1 Å². The van der Waals surface area contributed by atoms with Crippen molar-refractivity contribution in [3.05, 3.63) is 0 Å². The summed E-state index contributed by atoms with van der Waals surface area (Å²) in [5.41, 5.74) is 0. The van der Waals surface area contributed by atoms with E-state index in [-0.39, 0.29) is 6.10 Å². The van der Waals surface area contributed by atoms with Gasteiger partial charge in [0.2, 0.25) is 0 Å². The number of ether oxygens (including phenoxy) is 2. The maximum absolute atomic E-state index is 12.5. The number of hydrogen-bond donors (Lipinski definition) is 0. The minimum atomic E-state index is -2.71. The lowest BCUT2D eigenvalue weighted by molar-refractivity contribution is -0.209. The Bertz CT molecular complexity index is 260. The molecule has 0 saturated heterocycles. The van der Waals surface area contributed by atoms with Crippen molar-refractivity contribution in [2.24, 2.45) is 11.8 Å². The summed E-state index contributed by atoms with van der Waals surface area (Å²) in [5, 5.41) is 0. The number of hydrogen-bond acceptors (Lipinski definition) is 2. The van der Waals surface area contributed by atoms with E-state index >= 15 is 0 Å². The average molecular weight is 297 g/mol. The number of rotatable bonds is 6.